The molecule has 1 fully saturated rings. The van der Waals surface area contributed by atoms with Crippen molar-refractivity contribution >= 4 is 17.4 Å². The molecule has 1 N–H and O–H groups in total. The van der Waals surface area contributed by atoms with Crippen LogP contribution < -0.4 is 18.9 Å². The van der Waals surface area contributed by atoms with Crippen LogP contribution in [0.3, 0.4) is 0 Å². The first-order valence-electron chi connectivity index (χ1n) is 11.7. The maximum absolute atomic E-state index is 13.3. The number of rotatable bonds is 9. The largest absolute Gasteiger partial charge is 0.507 e. The Morgan fingerprint density at radius 2 is 1.35 bits per heavy atom. The quantitative estimate of drug-likeness (QED) is 0.261. The van der Waals surface area contributed by atoms with Gasteiger partial charge in [-0.25, -0.2) is 0 Å². The third kappa shape index (κ3) is 5.23. The molecule has 192 valence electrons. The molecule has 1 heterocycles. The minimum atomic E-state index is -0.799. The summed E-state index contributed by atoms with van der Waals surface area (Å²) < 4.78 is 21.5. The maximum atomic E-state index is 13.3. The first-order chi connectivity index (χ1) is 17.9. The normalized spacial score (nSPS) is 16.5. The molecule has 0 aromatic heterocycles. The number of aliphatic hydroxyl groups is 1. The van der Waals surface area contributed by atoms with E-state index in [2.05, 4.69) is 0 Å². The Morgan fingerprint density at radius 1 is 0.811 bits per heavy atom. The first-order valence-corrected chi connectivity index (χ1v) is 11.7. The SMILES string of the molecule is COc1ccc(OCCN2C(=O)C(=O)/C(=C(\O)c3ccc(OC)cc3C)C2c2ccc(OC)cc2)cc1. The van der Waals surface area contributed by atoms with Crippen LogP contribution in [0.4, 0.5) is 0 Å². The number of nitrogens with zero attached hydrogens (tertiary/aromatic N) is 1. The average molecular weight is 504 g/mol. The molecule has 1 aliphatic rings. The lowest BCUT2D eigenvalue weighted by Gasteiger charge is -2.25. The van der Waals surface area contributed by atoms with Crippen molar-refractivity contribution in [3.63, 3.8) is 0 Å². The molecule has 0 saturated carbocycles. The fourth-order valence-corrected chi connectivity index (χ4v) is 4.35. The van der Waals surface area contributed by atoms with Crippen LogP contribution in [0.1, 0.15) is 22.7 Å². The van der Waals surface area contributed by atoms with E-state index < -0.39 is 17.7 Å². The van der Waals surface area contributed by atoms with Gasteiger partial charge in [-0.05, 0) is 72.6 Å². The number of hydrogen-bond acceptors (Lipinski definition) is 7. The Kier molecular flexibility index (Phi) is 7.67. The summed E-state index contributed by atoms with van der Waals surface area (Å²) >= 11 is 0. The number of carbonyl (C=O) groups excluding carboxylic acids is 2. The van der Waals surface area contributed by atoms with E-state index in [9.17, 15) is 14.7 Å². The first kappa shape index (κ1) is 25.6. The molecule has 8 heteroatoms. The van der Waals surface area contributed by atoms with E-state index in [1.165, 1.54) is 4.90 Å². The molecular formula is C29H29NO7. The van der Waals surface area contributed by atoms with E-state index in [-0.39, 0.29) is 24.5 Å². The van der Waals surface area contributed by atoms with Gasteiger partial charge in [-0.15, -0.1) is 0 Å². The summed E-state index contributed by atoms with van der Waals surface area (Å²) in [6.45, 7) is 2.08. The molecule has 8 nitrogen and oxygen atoms in total. The molecule has 1 atom stereocenters. The van der Waals surface area contributed by atoms with Crippen molar-refractivity contribution < 1.29 is 33.6 Å². The Balaban J connectivity index is 1.69. The summed E-state index contributed by atoms with van der Waals surface area (Å²) in [5.41, 5.74) is 1.84. The molecule has 0 aliphatic carbocycles. The summed E-state index contributed by atoms with van der Waals surface area (Å²) in [6.07, 6.45) is 0. The lowest BCUT2D eigenvalue weighted by atomic mass is 9.94. The number of aliphatic hydroxyl groups excluding tert-OH is 1. The highest BCUT2D eigenvalue weighted by Gasteiger charge is 2.46. The zero-order valence-corrected chi connectivity index (χ0v) is 21.2. The number of ketones is 1. The number of carbonyl (C=O) groups is 2. The molecule has 0 radical (unpaired) electrons. The lowest BCUT2D eigenvalue weighted by molar-refractivity contribution is -0.140. The number of aryl methyl sites for hydroxylation is 1. The predicted octanol–water partition coefficient (Wildman–Crippen LogP) is 4.52. The zero-order valence-electron chi connectivity index (χ0n) is 21.2. The van der Waals surface area contributed by atoms with Crippen molar-refractivity contribution in [3.8, 4) is 23.0 Å². The number of likely N-dealkylation sites (tertiary alicyclic amines) is 1. The third-order valence-corrected chi connectivity index (χ3v) is 6.32. The molecule has 1 unspecified atom stereocenters. The average Bonchev–Trinajstić information content (AvgIpc) is 3.18. The number of hydrogen-bond donors (Lipinski definition) is 1. The van der Waals surface area contributed by atoms with Gasteiger partial charge in [0.1, 0.15) is 35.4 Å². The second-order valence-electron chi connectivity index (χ2n) is 8.47. The number of benzene rings is 3. The lowest BCUT2D eigenvalue weighted by Crippen LogP contribution is -2.33. The van der Waals surface area contributed by atoms with E-state index in [4.69, 9.17) is 18.9 Å². The highest BCUT2D eigenvalue weighted by Crippen LogP contribution is 2.40. The van der Waals surface area contributed by atoms with E-state index in [0.29, 0.717) is 39.7 Å². The molecule has 37 heavy (non-hydrogen) atoms. The van der Waals surface area contributed by atoms with Gasteiger partial charge in [0.2, 0.25) is 0 Å². The zero-order chi connectivity index (χ0) is 26.5. The monoisotopic (exact) mass is 503 g/mol. The summed E-state index contributed by atoms with van der Waals surface area (Å²) in [7, 11) is 4.70. The summed E-state index contributed by atoms with van der Waals surface area (Å²) in [4.78, 5) is 27.9. The predicted molar refractivity (Wildman–Crippen MR) is 138 cm³/mol. The second kappa shape index (κ2) is 11.1. The second-order valence-corrected chi connectivity index (χ2v) is 8.47. The fraction of sp³-hybridized carbons (Fsp3) is 0.241. The fourth-order valence-electron chi connectivity index (χ4n) is 4.35. The Hall–Kier alpha value is -4.46. The number of ether oxygens (including phenoxy) is 4. The van der Waals surface area contributed by atoms with Gasteiger partial charge < -0.3 is 29.0 Å². The van der Waals surface area contributed by atoms with E-state index >= 15 is 0 Å². The molecule has 0 bridgehead atoms. The van der Waals surface area contributed by atoms with Gasteiger partial charge in [-0.3, -0.25) is 9.59 Å². The Morgan fingerprint density at radius 3 is 1.92 bits per heavy atom. The van der Waals surface area contributed by atoms with Crippen molar-refractivity contribution in [3.05, 3.63) is 89.0 Å². The van der Waals surface area contributed by atoms with Crippen molar-refractivity contribution in [2.45, 2.75) is 13.0 Å². The van der Waals surface area contributed by atoms with Gasteiger partial charge in [-0.1, -0.05) is 12.1 Å². The van der Waals surface area contributed by atoms with Crippen LogP contribution >= 0.6 is 0 Å². The van der Waals surface area contributed by atoms with Crippen LogP contribution in [-0.4, -0.2) is 56.2 Å². The molecule has 4 rings (SSSR count). The molecular weight excluding hydrogens is 474 g/mol. The smallest absolute Gasteiger partial charge is 0.295 e. The standard InChI is InChI=1S/C29H29NO7/c1-18-17-23(36-4)13-14-24(18)27(31)25-26(19-5-7-20(34-2)8-6-19)30(29(33)28(25)32)15-16-37-22-11-9-21(35-3)10-12-22/h5-14,17,26,31H,15-16H2,1-4H3/b27-25-. The number of Topliss-reactive ketones (excluding diaryl/α,β-unsaturated/α-hetero) is 1. The molecule has 3 aromatic rings. The Bertz CT molecular complexity index is 1310. The van der Waals surface area contributed by atoms with E-state index in [1.54, 1.807) is 95.0 Å². The van der Waals surface area contributed by atoms with Crippen LogP contribution in [0.15, 0.2) is 72.3 Å². The van der Waals surface area contributed by atoms with Crippen LogP contribution in [0.2, 0.25) is 0 Å². The van der Waals surface area contributed by atoms with Gasteiger partial charge in [0.15, 0.2) is 0 Å². The van der Waals surface area contributed by atoms with Crippen LogP contribution in [0.25, 0.3) is 5.76 Å². The van der Waals surface area contributed by atoms with Crippen molar-refractivity contribution in [2.75, 3.05) is 34.5 Å². The van der Waals surface area contributed by atoms with Gasteiger partial charge >= 0.3 is 0 Å². The highest BCUT2D eigenvalue weighted by molar-refractivity contribution is 6.46. The topological polar surface area (TPSA) is 94.5 Å². The molecule has 1 amide bonds. The minimum Gasteiger partial charge on any atom is -0.507 e. The number of methoxy groups -OCH3 is 3. The molecule has 0 spiro atoms. The third-order valence-electron chi connectivity index (χ3n) is 6.32. The van der Waals surface area contributed by atoms with E-state index in [0.717, 1.165) is 0 Å². The molecule has 1 saturated heterocycles. The summed E-state index contributed by atoms with van der Waals surface area (Å²) in [6, 6.07) is 18.5. The van der Waals surface area contributed by atoms with Crippen molar-refractivity contribution in [1.29, 1.82) is 0 Å². The van der Waals surface area contributed by atoms with Crippen molar-refractivity contribution in [1.82, 2.24) is 4.90 Å². The van der Waals surface area contributed by atoms with E-state index in [1.807, 2.05) is 0 Å². The molecule has 1 aliphatic heterocycles. The van der Waals surface area contributed by atoms with Crippen LogP contribution in [-0.2, 0) is 9.59 Å². The minimum absolute atomic E-state index is 0.0212. The highest BCUT2D eigenvalue weighted by atomic mass is 16.5. The van der Waals surface area contributed by atoms with Gasteiger partial charge in [-0.2, -0.15) is 0 Å². The Labute approximate surface area is 215 Å². The van der Waals surface area contributed by atoms with Gasteiger partial charge in [0.25, 0.3) is 11.7 Å². The summed E-state index contributed by atoms with van der Waals surface area (Å²) in [5.74, 6) is 0.868. The van der Waals surface area contributed by atoms with Crippen LogP contribution in [0, 0.1) is 6.92 Å². The molecule has 3 aromatic carbocycles. The van der Waals surface area contributed by atoms with Gasteiger partial charge in [0, 0.05) is 5.56 Å². The van der Waals surface area contributed by atoms with Gasteiger partial charge in [0.05, 0.1) is 39.5 Å². The van der Waals surface area contributed by atoms with Crippen LogP contribution in [0.5, 0.6) is 23.0 Å². The maximum Gasteiger partial charge on any atom is 0.295 e. The number of amides is 1. The van der Waals surface area contributed by atoms with Crippen molar-refractivity contribution in [2.24, 2.45) is 0 Å². The summed E-state index contributed by atoms with van der Waals surface area (Å²) in [5, 5.41) is 11.3.